The fourth-order valence-electron chi connectivity index (χ4n) is 3.36. The van der Waals surface area contributed by atoms with Crippen LogP contribution in [0.2, 0.25) is 0 Å². The molecule has 0 spiro atoms. The van der Waals surface area contributed by atoms with Crippen molar-refractivity contribution in [2.75, 3.05) is 0 Å². The molecule has 0 saturated heterocycles. The van der Waals surface area contributed by atoms with Gasteiger partial charge in [-0.25, -0.2) is 0 Å². The minimum atomic E-state index is 0.179. The summed E-state index contributed by atoms with van der Waals surface area (Å²) in [6.45, 7) is 4.33. The van der Waals surface area contributed by atoms with Crippen LogP contribution >= 0.6 is 0 Å². The van der Waals surface area contributed by atoms with Crippen LogP contribution < -0.4 is 5.32 Å². The predicted molar refractivity (Wildman–Crippen MR) is 108 cm³/mol. The molecular formula is C23H33NO. The lowest BCUT2D eigenvalue weighted by atomic mass is 10.0. The van der Waals surface area contributed by atoms with Crippen molar-refractivity contribution >= 4 is 16.7 Å². The zero-order valence-corrected chi connectivity index (χ0v) is 15.9. The first-order valence-corrected chi connectivity index (χ1v) is 9.96. The van der Waals surface area contributed by atoms with Crippen molar-refractivity contribution in [3.8, 4) is 0 Å². The van der Waals surface area contributed by atoms with E-state index in [-0.39, 0.29) is 11.9 Å². The Hall–Kier alpha value is -1.83. The van der Waals surface area contributed by atoms with Crippen LogP contribution in [0.25, 0.3) is 10.8 Å². The Labute approximate surface area is 153 Å². The Morgan fingerprint density at radius 1 is 0.920 bits per heavy atom. The monoisotopic (exact) mass is 339 g/mol. The number of fused-ring (bicyclic) bond motifs is 1. The zero-order chi connectivity index (χ0) is 17.9. The maximum absolute atomic E-state index is 12.1. The summed E-state index contributed by atoms with van der Waals surface area (Å²) in [4.78, 5) is 12.1. The van der Waals surface area contributed by atoms with Gasteiger partial charge in [0.1, 0.15) is 0 Å². The van der Waals surface area contributed by atoms with Gasteiger partial charge in [0, 0.05) is 12.5 Å². The van der Waals surface area contributed by atoms with Gasteiger partial charge in [-0.2, -0.15) is 0 Å². The fraction of sp³-hybridized carbons (Fsp3) is 0.522. The molecule has 2 nitrogen and oxygen atoms in total. The number of hydrogen-bond acceptors (Lipinski definition) is 1. The maximum Gasteiger partial charge on any atom is 0.220 e. The second kappa shape index (κ2) is 10.9. The molecule has 0 saturated carbocycles. The van der Waals surface area contributed by atoms with Gasteiger partial charge in [0.2, 0.25) is 5.91 Å². The second-order valence-corrected chi connectivity index (χ2v) is 7.23. The van der Waals surface area contributed by atoms with Gasteiger partial charge in [-0.1, -0.05) is 87.9 Å². The first-order valence-electron chi connectivity index (χ1n) is 9.96. The highest BCUT2D eigenvalue weighted by molar-refractivity contribution is 5.83. The predicted octanol–water partition coefficient (Wildman–Crippen LogP) is 6.03. The van der Waals surface area contributed by atoms with Crippen LogP contribution in [-0.2, 0) is 11.2 Å². The van der Waals surface area contributed by atoms with Gasteiger partial charge in [-0.05, 0) is 36.1 Å². The summed E-state index contributed by atoms with van der Waals surface area (Å²) in [6.07, 6.45) is 10.3. The van der Waals surface area contributed by atoms with Crippen LogP contribution in [0.1, 0.15) is 70.8 Å². The standard InChI is InChI=1S/C23H33NO/c1-3-4-5-6-7-8-9-14-23(25)24-19(2)17-20-15-16-21-12-10-11-13-22(21)18-20/h10-13,15-16,18-19H,3-9,14,17H2,1-2H3,(H,24,25). The summed E-state index contributed by atoms with van der Waals surface area (Å²) in [5, 5.41) is 5.68. The van der Waals surface area contributed by atoms with Crippen LogP contribution in [-0.4, -0.2) is 11.9 Å². The molecule has 0 aliphatic carbocycles. The van der Waals surface area contributed by atoms with E-state index in [0.29, 0.717) is 6.42 Å². The summed E-state index contributed by atoms with van der Waals surface area (Å²) in [5.74, 6) is 0.196. The first-order chi connectivity index (χ1) is 12.2. The topological polar surface area (TPSA) is 29.1 Å². The molecule has 2 aromatic rings. The molecule has 0 radical (unpaired) electrons. The Balaban J connectivity index is 1.66. The number of carbonyl (C=O) groups excluding carboxylic acids is 1. The Kier molecular flexibility index (Phi) is 8.51. The normalized spacial score (nSPS) is 12.2. The van der Waals surface area contributed by atoms with E-state index >= 15 is 0 Å². The van der Waals surface area contributed by atoms with E-state index in [0.717, 1.165) is 12.8 Å². The number of amides is 1. The van der Waals surface area contributed by atoms with E-state index in [4.69, 9.17) is 0 Å². The lowest BCUT2D eigenvalue weighted by Gasteiger charge is -2.14. The van der Waals surface area contributed by atoms with Crippen LogP contribution in [0.15, 0.2) is 42.5 Å². The number of nitrogens with one attached hydrogen (secondary N) is 1. The number of benzene rings is 2. The lowest BCUT2D eigenvalue weighted by Crippen LogP contribution is -2.33. The highest BCUT2D eigenvalue weighted by Crippen LogP contribution is 2.16. The average molecular weight is 340 g/mol. The molecule has 0 aliphatic heterocycles. The number of carbonyl (C=O) groups is 1. The summed E-state index contributed by atoms with van der Waals surface area (Å²) < 4.78 is 0. The molecule has 0 fully saturated rings. The fourth-order valence-corrected chi connectivity index (χ4v) is 3.36. The molecule has 2 heteroatoms. The summed E-state index contributed by atoms with van der Waals surface area (Å²) in [5.41, 5.74) is 1.28. The van der Waals surface area contributed by atoms with E-state index in [9.17, 15) is 4.79 Å². The van der Waals surface area contributed by atoms with Gasteiger partial charge >= 0.3 is 0 Å². The molecule has 136 valence electrons. The third-order valence-electron chi connectivity index (χ3n) is 4.77. The molecule has 25 heavy (non-hydrogen) atoms. The molecular weight excluding hydrogens is 306 g/mol. The molecule has 1 amide bonds. The lowest BCUT2D eigenvalue weighted by molar-refractivity contribution is -0.121. The van der Waals surface area contributed by atoms with E-state index in [2.05, 4.69) is 61.6 Å². The van der Waals surface area contributed by atoms with Crippen molar-refractivity contribution < 1.29 is 4.79 Å². The largest absolute Gasteiger partial charge is 0.353 e. The number of unbranched alkanes of at least 4 members (excludes halogenated alkanes) is 6. The SMILES string of the molecule is CCCCCCCCCC(=O)NC(C)Cc1ccc2ccccc2c1. The average Bonchev–Trinajstić information content (AvgIpc) is 2.60. The third kappa shape index (κ3) is 7.29. The zero-order valence-electron chi connectivity index (χ0n) is 15.9. The molecule has 1 atom stereocenters. The smallest absolute Gasteiger partial charge is 0.220 e. The molecule has 0 aromatic heterocycles. The molecule has 1 unspecified atom stereocenters. The van der Waals surface area contributed by atoms with Crippen molar-refractivity contribution in [2.45, 2.75) is 77.7 Å². The van der Waals surface area contributed by atoms with Crippen molar-refractivity contribution in [2.24, 2.45) is 0 Å². The second-order valence-electron chi connectivity index (χ2n) is 7.23. The van der Waals surface area contributed by atoms with Crippen LogP contribution in [0.5, 0.6) is 0 Å². The van der Waals surface area contributed by atoms with Crippen molar-refractivity contribution in [1.82, 2.24) is 5.32 Å². The summed E-state index contributed by atoms with van der Waals surface area (Å²) in [6, 6.07) is 15.1. The van der Waals surface area contributed by atoms with Gasteiger partial charge in [0.15, 0.2) is 0 Å². The Morgan fingerprint density at radius 2 is 1.60 bits per heavy atom. The Bertz CT molecular complexity index is 649. The summed E-state index contributed by atoms with van der Waals surface area (Å²) >= 11 is 0. The number of hydrogen-bond donors (Lipinski definition) is 1. The summed E-state index contributed by atoms with van der Waals surface area (Å²) in [7, 11) is 0. The van der Waals surface area contributed by atoms with E-state index in [1.54, 1.807) is 0 Å². The maximum atomic E-state index is 12.1. The van der Waals surface area contributed by atoms with E-state index in [1.807, 2.05) is 0 Å². The third-order valence-corrected chi connectivity index (χ3v) is 4.77. The molecule has 2 aromatic carbocycles. The van der Waals surface area contributed by atoms with Gasteiger partial charge < -0.3 is 5.32 Å². The molecule has 2 rings (SSSR count). The molecule has 0 heterocycles. The van der Waals surface area contributed by atoms with Crippen molar-refractivity contribution in [3.63, 3.8) is 0 Å². The van der Waals surface area contributed by atoms with Gasteiger partial charge in [0.25, 0.3) is 0 Å². The highest BCUT2D eigenvalue weighted by atomic mass is 16.1. The molecule has 0 aliphatic rings. The quantitative estimate of drug-likeness (QED) is 0.498. The van der Waals surface area contributed by atoms with Crippen LogP contribution in [0, 0.1) is 0 Å². The minimum Gasteiger partial charge on any atom is -0.353 e. The Morgan fingerprint density at radius 3 is 2.36 bits per heavy atom. The molecule has 0 bridgehead atoms. The van der Waals surface area contributed by atoms with E-state index in [1.165, 1.54) is 54.9 Å². The van der Waals surface area contributed by atoms with Crippen molar-refractivity contribution in [1.29, 1.82) is 0 Å². The minimum absolute atomic E-state index is 0.179. The highest BCUT2D eigenvalue weighted by Gasteiger charge is 2.08. The van der Waals surface area contributed by atoms with Gasteiger partial charge in [0.05, 0.1) is 0 Å². The van der Waals surface area contributed by atoms with E-state index < -0.39 is 0 Å². The number of rotatable bonds is 11. The van der Waals surface area contributed by atoms with Crippen LogP contribution in [0.3, 0.4) is 0 Å². The molecule has 1 N–H and O–H groups in total. The first kappa shape index (κ1) is 19.5. The van der Waals surface area contributed by atoms with Crippen LogP contribution in [0.4, 0.5) is 0 Å². The van der Waals surface area contributed by atoms with Gasteiger partial charge in [-0.15, -0.1) is 0 Å². The van der Waals surface area contributed by atoms with Gasteiger partial charge in [-0.3, -0.25) is 4.79 Å². The van der Waals surface area contributed by atoms with Crippen molar-refractivity contribution in [3.05, 3.63) is 48.0 Å².